The third-order valence-corrected chi connectivity index (χ3v) is 7.47. The number of aromatic nitrogens is 2. The molecule has 3 heterocycles. The summed E-state index contributed by atoms with van der Waals surface area (Å²) in [6.07, 6.45) is 1.37. The third-order valence-electron chi connectivity index (χ3n) is 6.30. The van der Waals surface area contributed by atoms with Gasteiger partial charge in [0.15, 0.2) is 0 Å². The third kappa shape index (κ3) is 4.93. The molecule has 33 heavy (non-hydrogen) atoms. The molecule has 1 aliphatic rings. The zero-order chi connectivity index (χ0) is 23.8. The van der Waals surface area contributed by atoms with E-state index in [1.165, 1.54) is 11.3 Å². The van der Waals surface area contributed by atoms with E-state index in [-0.39, 0.29) is 23.1 Å². The Morgan fingerprint density at radius 2 is 1.76 bits per heavy atom. The first kappa shape index (κ1) is 23.4. The number of piperidine rings is 1. The maximum atomic E-state index is 13.4. The van der Waals surface area contributed by atoms with Crippen LogP contribution in [0.3, 0.4) is 0 Å². The van der Waals surface area contributed by atoms with Crippen LogP contribution in [-0.2, 0) is 16.8 Å². The monoisotopic (exact) mass is 464 g/mol. The molecule has 1 aliphatic heterocycles. The minimum Gasteiger partial charge on any atom is -0.352 e. The highest BCUT2D eigenvalue weighted by molar-refractivity contribution is 7.20. The average Bonchev–Trinajstić information content (AvgIpc) is 3.14. The Morgan fingerprint density at radius 1 is 1.09 bits per heavy atom. The van der Waals surface area contributed by atoms with Crippen molar-refractivity contribution >= 4 is 33.4 Å². The van der Waals surface area contributed by atoms with Crippen LogP contribution in [0.15, 0.2) is 30.3 Å². The van der Waals surface area contributed by atoms with Crippen LogP contribution in [0.1, 0.15) is 65.9 Å². The molecule has 174 valence electrons. The quantitative estimate of drug-likeness (QED) is 0.603. The van der Waals surface area contributed by atoms with Crippen LogP contribution in [-0.4, -0.2) is 39.8 Å². The average molecular weight is 465 g/mol. The molecular weight excluding hydrogens is 432 g/mol. The van der Waals surface area contributed by atoms with Crippen LogP contribution in [0.2, 0.25) is 0 Å². The molecule has 1 saturated heterocycles. The molecule has 0 aliphatic carbocycles. The lowest BCUT2D eigenvalue weighted by Crippen LogP contribution is -2.42. The van der Waals surface area contributed by atoms with Gasteiger partial charge in [-0.15, -0.1) is 11.3 Å². The fraction of sp³-hybridized carbons (Fsp3) is 0.462. The lowest BCUT2D eigenvalue weighted by Gasteiger charge is -2.31. The maximum absolute atomic E-state index is 13.4. The number of benzene rings is 1. The van der Waals surface area contributed by atoms with Gasteiger partial charge in [0.2, 0.25) is 5.91 Å². The summed E-state index contributed by atoms with van der Waals surface area (Å²) >= 11 is 1.46. The van der Waals surface area contributed by atoms with Crippen LogP contribution in [0.4, 0.5) is 0 Å². The summed E-state index contributed by atoms with van der Waals surface area (Å²) in [5.41, 5.74) is 2.82. The minimum atomic E-state index is -0.149. The van der Waals surface area contributed by atoms with E-state index in [1.54, 1.807) is 0 Å². The second-order valence-corrected chi connectivity index (χ2v) is 10.9. The Labute approximate surface area is 199 Å². The number of nitrogens with zero attached hydrogens (tertiary/aromatic N) is 3. The Bertz CT molecular complexity index is 1170. The molecule has 0 unspecified atom stereocenters. The first-order chi connectivity index (χ1) is 15.6. The van der Waals surface area contributed by atoms with E-state index in [9.17, 15) is 9.59 Å². The first-order valence-corrected chi connectivity index (χ1v) is 12.4. The van der Waals surface area contributed by atoms with Crippen molar-refractivity contribution in [3.8, 4) is 0 Å². The zero-order valence-electron chi connectivity index (χ0n) is 20.1. The van der Waals surface area contributed by atoms with E-state index in [1.807, 2.05) is 49.1 Å². The molecule has 0 bridgehead atoms. The summed E-state index contributed by atoms with van der Waals surface area (Å²) in [7, 11) is 0. The lowest BCUT2D eigenvalue weighted by molar-refractivity contribution is -0.126. The number of thiophene rings is 1. The summed E-state index contributed by atoms with van der Waals surface area (Å²) in [4.78, 5) is 39.0. The Morgan fingerprint density at radius 3 is 2.39 bits per heavy atom. The molecule has 3 aromatic rings. The molecule has 7 heteroatoms. The van der Waals surface area contributed by atoms with Crippen molar-refractivity contribution < 1.29 is 9.59 Å². The van der Waals surface area contributed by atoms with Gasteiger partial charge >= 0.3 is 0 Å². The zero-order valence-corrected chi connectivity index (χ0v) is 20.9. The molecule has 0 spiro atoms. The number of rotatable bonds is 4. The van der Waals surface area contributed by atoms with Gasteiger partial charge in [0.05, 0.1) is 10.6 Å². The highest BCUT2D eigenvalue weighted by atomic mass is 32.1. The van der Waals surface area contributed by atoms with Gasteiger partial charge in [-0.1, -0.05) is 51.1 Å². The number of carbonyl (C=O) groups excluding carboxylic acids is 2. The van der Waals surface area contributed by atoms with E-state index >= 15 is 0 Å². The van der Waals surface area contributed by atoms with Gasteiger partial charge in [0.1, 0.15) is 10.7 Å². The molecule has 6 nitrogen and oxygen atoms in total. The van der Waals surface area contributed by atoms with E-state index in [0.717, 1.165) is 37.7 Å². The lowest BCUT2D eigenvalue weighted by atomic mass is 9.95. The van der Waals surface area contributed by atoms with E-state index in [0.29, 0.717) is 32.5 Å². The number of fused-ring (bicyclic) bond motifs is 1. The fourth-order valence-corrected chi connectivity index (χ4v) is 5.50. The van der Waals surface area contributed by atoms with Crippen molar-refractivity contribution in [1.82, 2.24) is 20.2 Å². The van der Waals surface area contributed by atoms with Crippen LogP contribution in [0, 0.1) is 19.8 Å². The van der Waals surface area contributed by atoms with Crippen LogP contribution in [0.5, 0.6) is 0 Å². The normalized spacial score (nSPS) is 15.1. The van der Waals surface area contributed by atoms with Gasteiger partial charge in [-0.25, -0.2) is 9.97 Å². The Kier molecular flexibility index (Phi) is 6.52. The molecule has 1 fully saturated rings. The predicted molar refractivity (Wildman–Crippen MR) is 133 cm³/mol. The molecule has 0 saturated carbocycles. The van der Waals surface area contributed by atoms with Gasteiger partial charge in [0.25, 0.3) is 5.91 Å². The standard InChI is InChI=1S/C26H32N4O2S/c1-16-20-17(2)28-25(26(3,4)5)29-23(20)33-21(16)24(32)30-13-11-19(12-14-30)22(31)27-15-18-9-7-6-8-10-18/h6-10,19H,11-15H2,1-5H3,(H,27,31). The van der Waals surface area contributed by atoms with Crippen molar-refractivity contribution in [3.63, 3.8) is 0 Å². The van der Waals surface area contributed by atoms with Gasteiger partial charge < -0.3 is 10.2 Å². The highest BCUT2D eigenvalue weighted by Gasteiger charge is 2.30. The molecular formula is C26H32N4O2S. The number of likely N-dealkylation sites (tertiary alicyclic amines) is 1. The van der Waals surface area contributed by atoms with Crippen LogP contribution in [0.25, 0.3) is 10.2 Å². The van der Waals surface area contributed by atoms with Gasteiger partial charge in [-0.3, -0.25) is 9.59 Å². The SMILES string of the molecule is Cc1nc(C(C)(C)C)nc2sc(C(=O)N3CCC(C(=O)NCc4ccccc4)CC3)c(C)c12. The molecule has 2 aromatic heterocycles. The van der Waals surface area contributed by atoms with Crippen LogP contribution >= 0.6 is 11.3 Å². The second-order valence-electron chi connectivity index (χ2n) is 9.89. The smallest absolute Gasteiger partial charge is 0.264 e. The van der Waals surface area contributed by atoms with Crippen molar-refractivity contribution in [3.05, 3.63) is 57.9 Å². The Balaban J connectivity index is 1.42. The summed E-state index contributed by atoms with van der Waals surface area (Å²) in [6.45, 7) is 12.0. The number of aryl methyl sites for hydroxylation is 2. The van der Waals surface area contributed by atoms with Crippen molar-refractivity contribution in [2.45, 2.75) is 59.4 Å². The minimum absolute atomic E-state index is 0.0374. The number of nitrogens with one attached hydrogen (secondary N) is 1. The molecule has 1 aromatic carbocycles. The van der Waals surface area contributed by atoms with E-state index < -0.39 is 0 Å². The van der Waals surface area contributed by atoms with Crippen molar-refractivity contribution in [2.24, 2.45) is 5.92 Å². The number of amides is 2. The summed E-state index contributed by atoms with van der Waals surface area (Å²) < 4.78 is 0. The molecule has 1 N–H and O–H groups in total. The first-order valence-electron chi connectivity index (χ1n) is 11.5. The predicted octanol–water partition coefficient (Wildman–Crippen LogP) is 4.77. The molecule has 2 amide bonds. The molecule has 4 rings (SSSR count). The summed E-state index contributed by atoms with van der Waals surface area (Å²) in [6, 6.07) is 9.92. The Hall–Kier alpha value is -2.80. The molecule has 0 atom stereocenters. The maximum Gasteiger partial charge on any atom is 0.264 e. The number of hydrogen-bond donors (Lipinski definition) is 1. The fourth-order valence-electron chi connectivity index (χ4n) is 4.30. The number of carbonyl (C=O) groups is 2. The largest absolute Gasteiger partial charge is 0.352 e. The van der Waals surface area contributed by atoms with Gasteiger partial charge in [0, 0.05) is 36.4 Å². The van der Waals surface area contributed by atoms with Crippen molar-refractivity contribution in [1.29, 1.82) is 0 Å². The summed E-state index contributed by atoms with van der Waals surface area (Å²) in [5.74, 6) is 0.860. The highest BCUT2D eigenvalue weighted by Crippen LogP contribution is 2.34. The topological polar surface area (TPSA) is 75.2 Å². The van der Waals surface area contributed by atoms with Gasteiger partial charge in [-0.2, -0.15) is 0 Å². The molecule has 0 radical (unpaired) electrons. The van der Waals surface area contributed by atoms with E-state index in [2.05, 4.69) is 26.1 Å². The summed E-state index contributed by atoms with van der Waals surface area (Å²) in [5, 5.41) is 4.03. The van der Waals surface area contributed by atoms with E-state index in [4.69, 9.17) is 9.97 Å². The second kappa shape index (κ2) is 9.21. The van der Waals surface area contributed by atoms with Gasteiger partial charge in [-0.05, 0) is 37.8 Å². The number of hydrogen-bond acceptors (Lipinski definition) is 5. The van der Waals surface area contributed by atoms with Crippen LogP contribution < -0.4 is 5.32 Å². The van der Waals surface area contributed by atoms with Crippen molar-refractivity contribution in [2.75, 3.05) is 13.1 Å².